The first kappa shape index (κ1) is 9.30. The van der Waals surface area contributed by atoms with Crippen molar-refractivity contribution in [1.82, 2.24) is 4.90 Å². The van der Waals surface area contributed by atoms with E-state index in [9.17, 15) is 0 Å². The number of rotatable bonds is 2. The standard InChI is InChI=1S/C8H16ClNO/c1-7-5-11-6-8(2)10(7)4-3-9/h7-8H,3-6H2,1-2H3/t7-,8-/m0/s1. The summed E-state index contributed by atoms with van der Waals surface area (Å²) in [6.45, 7) is 7.04. The Balaban J connectivity index is 2.41. The fourth-order valence-corrected chi connectivity index (χ4v) is 1.77. The molecule has 0 spiro atoms. The Morgan fingerprint density at radius 2 is 1.91 bits per heavy atom. The highest BCUT2D eigenvalue weighted by molar-refractivity contribution is 6.18. The van der Waals surface area contributed by atoms with E-state index in [4.69, 9.17) is 16.3 Å². The Bertz CT molecular complexity index is 111. The largest absolute Gasteiger partial charge is 0.378 e. The molecule has 0 aliphatic carbocycles. The summed E-state index contributed by atoms with van der Waals surface area (Å²) in [5.74, 6) is 0.717. The summed E-state index contributed by atoms with van der Waals surface area (Å²) in [7, 11) is 0. The van der Waals surface area contributed by atoms with E-state index in [1.54, 1.807) is 0 Å². The van der Waals surface area contributed by atoms with Crippen molar-refractivity contribution in [2.45, 2.75) is 25.9 Å². The van der Waals surface area contributed by atoms with Gasteiger partial charge in [-0.15, -0.1) is 11.6 Å². The molecule has 66 valence electrons. The minimum absolute atomic E-state index is 0.525. The van der Waals surface area contributed by atoms with Crippen LogP contribution in [0.1, 0.15) is 13.8 Å². The zero-order valence-corrected chi connectivity index (χ0v) is 7.97. The first-order chi connectivity index (χ1) is 5.25. The van der Waals surface area contributed by atoms with E-state index in [1.165, 1.54) is 0 Å². The Morgan fingerprint density at radius 3 is 2.36 bits per heavy atom. The van der Waals surface area contributed by atoms with Crippen LogP contribution in [0.3, 0.4) is 0 Å². The predicted molar refractivity (Wildman–Crippen MR) is 47.2 cm³/mol. The fraction of sp³-hybridized carbons (Fsp3) is 1.00. The molecular formula is C8H16ClNO. The molecule has 1 fully saturated rings. The molecule has 2 atom stereocenters. The van der Waals surface area contributed by atoms with Gasteiger partial charge in [-0.3, -0.25) is 4.90 Å². The van der Waals surface area contributed by atoms with Crippen molar-refractivity contribution in [2.24, 2.45) is 0 Å². The van der Waals surface area contributed by atoms with Crippen LogP contribution in [0.4, 0.5) is 0 Å². The highest BCUT2D eigenvalue weighted by Crippen LogP contribution is 2.12. The highest BCUT2D eigenvalue weighted by atomic mass is 35.5. The first-order valence-electron chi connectivity index (χ1n) is 4.15. The number of ether oxygens (including phenoxy) is 1. The van der Waals surface area contributed by atoms with Gasteiger partial charge in [0.1, 0.15) is 0 Å². The second-order valence-electron chi connectivity index (χ2n) is 3.16. The molecule has 0 aromatic heterocycles. The molecule has 0 aromatic rings. The number of morpholine rings is 1. The Hall–Kier alpha value is 0.210. The highest BCUT2D eigenvalue weighted by Gasteiger charge is 2.23. The van der Waals surface area contributed by atoms with Gasteiger partial charge in [0, 0.05) is 24.5 Å². The Kier molecular flexibility index (Phi) is 3.63. The van der Waals surface area contributed by atoms with Crippen LogP contribution in [0.15, 0.2) is 0 Å². The minimum Gasteiger partial charge on any atom is -0.378 e. The van der Waals surface area contributed by atoms with E-state index >= 15 is 0 Å². The molecular weight excluding hydrogens is 162 g/mol. The quantitative estimate of drug-likeness (QED) is 0.591. The zero-order valence-electron chi connectivity index (χ0n) is 7.22. The molecule has 0 unspecified atom stereocenters. The average Bonchev–Trinajstić information content (AvgIpc) is 1.97. The van der Waals surface area contributed by atoms with Gasteiger partial charge in [-0.25, -0.2) is 0 Å². The lowest BCUT2D eigenvalue weighted by Crippen LogP contribution is -2.50. The summed E-state index contributed by atoms with van der Waals surface area (Å²) in [6.07, 6.45) is 0. The summed E-state index contributed by atoms with van der Waals surface area (Å²) < 4.78 is 5.39. The fourth-order valence-electron chi connectivity index (χ4n) is 1.57. The second-order valence-corrected chi connectivity index (χ2v) is 3.54. The van der Waals surface area contributed by atoms with Gasteiger partial charge < -0.3 is 4.74 Å². The molecule has 1 aliphatic rings. The van der Waals surface area contributed by atoms with E-state index in [2.05, 4.69) is 18.7 Å². The number of hydrogen-bond acceptors (Lipinski definition) is 2. The summed E-state index contributed by atoms with van der Waals surface area (Å²) in [4.78, 5) is 2.40. The van der Waals surface area contributed by atoms with Gasteiger partial charge in [0.2, 0.25) is 0 Å². The topological polar surface area (TPSA) is 12.5 Å². The maximum Gasteiger partial charge on any atom is 0.0620 e. The van der Waals surface area contributed by atoms with Crippen molar-refractivity contribution in [3.63, 3.8) is 0 Å². The average molecular weight is 178 g/mol. The molecule has 0 bridgehead atoms. The van der Waals surface area contributed by atoms with E-state index in [0.29, 0.717) is 18.0 Å². The second kappa shape index (κ2) is 4.29. The molecule has 1 aliphatic heterocycles. The SMILES string of the molecule is C[C@H]1COC[C@H](C)N1CCCl. The van der Waals surface area contributed by atoms with Crippen LogP contribution in [0, 0.1) is 0 Å². The van der Waals surface area contributed by atoms with Gasteiger partial charge in [-0.05, 0) is 13.8 Å². The molecule has 3 heteroatoms. The number of nitrogens with zero attached hydrogens (tertiary/aromatic N) is 1. The number of hydrogen-bond donors (Lipinski definition) is 0. The third-order valence-electron chi connectivity index (χ3n) is 2.19. The van der Waals surface area contributed by atoms with Gasteiger partial charge in [0.15, 0.2) is 0 Å². The smallest absolute Gasteiger partial charge is 0.0620 e. The van der Waals surface area contributed by atoms with E-state index < -0.39 is 0 Å². The molecule has 0 aromatic carbocycles. The molecule has 0 amide bonds. The van der Waals surface area contributed by atoms with Crippen molar-refractivity contribution in [2.75, 3.05) is 25.6 Å². The molecule has 1 heterocycles. The van der Waals surface area contributed by atoms with Crippen LogP contribution in [0.5, 0.6) is 0 Å². The summed E-state index contributed by atoms with van der Waals surface area (Å²) >= 11 is 5.68. The zero-order chi connectivity index (χ0) is 8.27. The van der Waals surface area contributed by atoms with Crippen molar-refractivity contribution >= 4 is 11.6 Å². The lowest BCUT2D eigenvalue weighted by atomic mass is 10.2. The van der Waals surface area contributed by atoms with Crippen LogP contribution in [0.25, 0.3) is 0 Å². The van der Waals surface area contributed by atoms with Gasteiger partial charge in [0.25, 0.3) is 0 Å². The normalized spacial score (nSPS) is 34.1. The van der Waals surface area contributed by atoms with Crippen molar-refractivity contribution in [1.29, 1.82) is 0 Å². The molecule has 0 saturated carbocycles. The van der Waals surface area contributed by atoms with Crippen LogP contribution in [0.2, 0.25) is 0 Å². The minimum atomic E-state index is 0.525. The van der Waals surface area contributed by atoms with Gasteiger partial charge in [-0.2, -0.15) is 0 Å². The van der Waals surface area contributed by atoms with E-state index in [1.807, 2.05) is 0 Å². The Labute approximate surface area is 73.5 Å². The predicted octanol–water partition coefficient (Wildman–Crippen LogP) is 1.33. The maximum absolute atomic E-state index is 5.68. The van der Waals surface area contributed by atoms with Gasteiger partial charge in [0.05, 0.1) is 13.2 Å². The van der Waals surface area contributed by atoms with Crippen LogP contribution in [-0.4, -0.2) is 42.6 Å². The van der Waals surface area contributed by atoms with Crippen molar-refractivity contribution < 1.29 is 4.74 Å². The molecule has 1 saturated heterocycles. The van der Waals surface area contributed by atoms with Crippen LogP contribution in [-0.2, 0) is 4.74 Å². The summed E-state index contributed by atoms with van der Waals surface area (Å²) in [5.41, 5.74) is 0. The third-order valence-corrected chi connectivity index (χ3v) is 2.36. The maximum atomic E-state index is 5.68. The van der Waals surface area contributed by atoms with E-state index in [-0.39, 0.29) is 0 Å². The van der Waals surface area contributed by atoms with Crippen molar-refractivity contribution in [3.05, 3.63) is 0 Å². The van der Waals surface area contributed by atoms with Gasteiger partial charge >= 0.3 is 0 Å². The van der Waals surface area contributed by atoms with Crippen LogP contribution >= 0.6 is 11.6 Å². The number of alkyl halides is 1. The first-order valence-corrected chi connectivity index (χ1v) is 4.68. The van der Waals surface area contributed by atoms with E-state index in [0.717, 1.165) is 19.8 Å². The Morgan fingerprint density at radius 1 is 1.36 bits per heavy atom. The monoisotopic (exact) mass is 177 g/mol. The molecule has 0 radical (unpaired) electrons. The lowest BCUT2D eigenvalue weighted by molar-refractivity contribution is -0.0334. The summed E-state index contributed by atoms with van der Waals surface area (Å²) in [5, 5.41) is 0. The van der Waals surface area contributed by atoms with Crippen molar-refractivity contribution in [3.8, 4) is 0 Å². The third kappa shape index (κ3) is 2.32. The number of halogens is 1. The molecule has 1 rings (SSSR count). The van der Waals surface area contributed by atoms with Crippen LogP contribution < -0.4 is 0 Å². The molecule has 11 heavy (non-hydrogen) atoms. The van der Waals surface area contributed by atoms with Gasteiger partial charge in [-0.1, -0.05) is 0 Å². The lowest BCUT2D eigenvalue weighted by Gasteiger charge is -2.38. The summed E-state index contributed by atoms with van der Waals surface area (Å²) in [6, 6.07) is 1.05. The molecule has 2 nitrogen and oxygen atoms in total. The molecule has 0 N–H and O–H groups in total.